The summed E-state index contributed by atoms with van der Waals surface area (Å²) in [6.07, 6.45) is 3.26. The molecule has 2 heterocycles. The molecule has 1 aliphatic rings. The van der Waals surface area contributed by atoms with Crippen molar-refractivity contribution in [1.29, 1.82) is 0 Å². The van der Waals surface area contributed by atoms with E-state index >= 15 is 0 Å². The zero-order valence-corrected chi connectivity index (χ0v) is 21.8. The van der Waals surface area contributed by atoms with Gasteiger partial charge in [0.25, 0.3) is 0 Å². The molecule has 3 rings (SSSR count). The summed E-state index contributed by atoms with van der Waals surface area (Å²) in [5, 5.41) is 8.21. The van der Waals surface area contributed by atoms with Crippen LogP contribution in [-0.4, -0.2) is 79.2 Å². The normalized spacial score (nSPS) is 16.8. The minimum absolute atomic E-state index is 0. The zero-order chi connectivity index (χ0) is 21.2. The Morgan fingerprint density at radius 3 is 2.52 bits per heavy atom. The molecule has 1 aromatic heterocycles. The van der Waals surface area contributed by atoms with Gasteiger partial charge in [-0.1, -0.05) is 32.0 Å². The second-order valence-electron chi connectivity index (χ2n) is 8.41. The number of hydrogen-bond acceptors (Lipinski definition) is 3. The number of para-hydroxylation sites is 1. The highest BCUT2D eigenvalue weighted by molar-refractivity contribution is 14.0. The lowest BCUT2D eigenvalue weighted by atomic mass is 10.1. The topological polar surface area (TPSA) is 47.8 Å². The molecule has 1 atom stereocenters. The summed E-state index contributed by atoms with van der Waals surface area (Å²) in [7, 11) is 0. The van der Waals surface area contributed by atoms with Gasteiger partial charge in [0.2, 0.25) is 0 Å². The molecule has 0 aliphatic carbocycles. The number of aromatic nitrogens is 1. The van der Waals surface area contributed by atoms with Crippen molar-refractivity contribution in [2.24, 2.45) is 10.9 Å². The molecule has 6 nitrogen and oxygen atoms in total. The molecule has 0 spiro atoms. The molecular formula is C24H41IN6. The van der Waals surface area contributed by atoms with Crippen molar-refractivity contribution in [3.63, 3.8) is 0 Å². The van der Waals surface area contributed by atoms with E-state index in [1.165, 1.54) is 43.6 Å². The molecule has 0 bridgehead atoms. The number of fused-ring (bicyclic) bond motifs is 1. The number of guanidine groups is 1. The molecular weight excluding hydrogens is 499 g/mol. The van der Waals surface area contributed by atoms with Crippen LogP contribution in [0.4, 0.5) is 0 Å². The molecule has 0 saturated carbocycles. The molecule has 7 heteroatoms. The van der Waals surface area contributed by atoms with E-state index in [0.29, 0.717) is 5.92 Å². The summed E-state index contributed by atoms with van der Waals surface area (Å²) < 4.78 is 2.33. The number of nitrogens with zero attached hydrogens (tertiary/aromatic N) is 4. The first-order valence-electron chi connectivity index (χ1n) is 11.7. The Morgan fingerprint density at radius 1 is 1.03 bits per heavy atom. The van der Waals surface area contributed by atoms with Crippen molar-refractivity contribution in [2.45, 2.75) is 33.7 Å². The predicted octanol–water partition coefficient (Wildman–Crippen LogP) is 3.48. The maximum absolute atomic E-state index is 4.85. The van der Waals surface area contributed by atoms with Crippen LogP contribution in [0.3, 0.4) is 0 Å². The molecule has 0 amide bonds. The Kier molecular flexibility index (Phi) is 11.7. The smallest absolute Gasteiger partial charge is 0.191 e. The predicted molar refractivity (Wildman–Crippen MR) is 144 cm³/mol. The van der Waals surface area contributed by atoms with Gasteiger partial charge in [-0.25, -0.2) is 0 Å². The Bertz CT molecular complexity index is 781. The van der Waals surface area contributed by atoms with E-state index in [1.807, 2.05) is 0 Å². The minimum atomic E-state index is 0. The highest BCUT2D eigenvalue weighted by Crippen LogP contribution is 2.15. The molecule has 1 unspecified atom stereocenters. The van der Waals surface area contributed by atoms with Gasteiger partial charge in [0.05, 0.1) is 0 Å². The van der Waals surface area contributed by atoms with Crippen molar-refractivity contribution in [2.75, 3.05) is 58.9 Å². The maximum Gasteiger partial charge on any atom is 0.191 e. The number of nitrogens with one attached hydrogen (secondary N) is 2. The molecule has 2 N–H and O–H groups in total. The summed E-state index contributed by atoms with van der Waals surface area (Å²) >= 11 is 0. The zero-order valence-electron chi connectivity index (χ0n) is 19.5. The average Bonchev–Trinajstić information content (AvgIpc) is 3.18. The van der Waals surface area contributed by atoms with Gasteiger partial charge in [0, 0.05) is 70.6 Å². The van der Waals surface area contributed by atoms with E-state index in [-0.39, 0.29) is 24.0 Å². The minimum Gasteiger partial charge on any atom is -0.357 e. The summed E-state index contributed by atoms with van der Waals surface area (Å²) in [6, 6.07) is 10.8. The highest BCUT2D eigenvalue weighted by atomic mass is 127. The molecule has 2 aromatic rings. The summed E-state index contributed by atoms with van der Waals surface area (Å²) in [5.74, 6) is 1.51. The van der Waals surface area contributed by atoms with Crippen molar-refractivity contribution in [1.82, 2.24) is 25.0 Å². The molecule has 1 saturated heterocycles. The van der Waals surface area contributed by atoms with Crippen LogP contribution >= 0.6 is 24.0 Å². The van der Waals surface area contributed by atoms with Crippen LogP contribution in [0.5, 0.6) is 0 Å². The molecule has 1 fully saturated rings. The van der Waals surface area contributed by atoms with Crippen LogP contribution in [0.15, 0.2) is 41.5 Å². The van der Waals surface area contributed by atoms with E-state index in [1.54, 1.807) is 0 Å². The van der Waals surface area contributed by atoms with E-state index in [9.17, 15) is 0 Å². The third kappa shape index (κ3) is 8.27. The van der Waals surface area contributed by atoms with E-state index in [2.05, 4.69) is 82.3 Å². The SMILES string of the molecule is CCNC(=NCC(C)CN1CCN(CC)CC1)NCCCn1ccc2ccccc21.I. The van der Waals surface area contributed by atoms with Crippen molar-refractivity contribution < 1.29 is 0 Å². The number of aliphatic imine (C=N–C) groups is 1. The number of benzene rings is 1. The van der Waals surface area contributed by atoms with E-state index in [4.69, 9.17) is 4.99 Å². The Hall–Kier alpha value is -1.32. The number of halogens is 1. The average molecular weight is 541 g/mol. The van der Waals surface area contributed by atoms with Crippen LogP contribution in [0.2, 0.25) is 0 Å². The monoisotopic (exact) mass is 540 g/mol. The largest absolute Gasteiger partial charge is 0.357 e. The summed E-state index contributed by atoms with van der Waals surface area (Å²) in [5.41, 5.74) is 1.31. The van der Waals surface area contributed by atoms with Gasteiger partial charge in [-0.2, -0.15) is 0 Å². The first-order valence-corrected chi connectivity index (χ1v) is 11.7. The van der Waals surface area contributed by atoms with Gasteiger partial charge in [-0.3, -0.25) is 4.99 Å². The Balaban J connectivity index is 0.00000341. The molecule has 31 heavy (non-hydrogen) atoms. The number of hydrogen-bond donors (Lipinski definition) is 2. The lowest BCUT2D eigenvalue weighted by Gasteiger charge is -2.35. The van der Waals surface area contributed by atoms with Gasteiger partial charge in [-0.05, 0) is 43.3 Å². The van der Waals surface area contributed by atoms with Crippen LogP contribution in [0.1, 0.15) is 27.2 Å². The lowest BCUT2D eigenvalue weighted by molar-refractivity contribution is 0.125. The van der Waals surface area contributed by atoms with E-state index in [0.717, 1.165) is 45.1 Å². The number of piperazine rings is 1. The second-order valence-corrected chi connectivity index (χ2v) is 8.41. The second kappa shape index (κ2) is 14.0. The van der Waals surface area contributed by atoms with Gasteiger partial charge in [0.1, 0.15) is 0 Å². The highest BCUT2D eigenvalue weighted by Gasteiger charge is 2.17. The molecule has 1 aromatic carbocycles. The lowest BCUT2D eigenvalue weighted by Crippen LogP contribution is -2.47. The van der Waals surface area contributed by atoms with Gasteiger partial charge >= 0.3 is 0 Å². The van der Waals surface area contributed by atoms with Gasteiger partial charge in [-0.15, -0.1) is 24.0 Å². The van der Waals surface area contributed by atoms with Crippen molar-refractivity contribution >= 4 is 40.8 Å². The molecule has 174 valence electrons. The Morgan fingerprint density at radius 2 is 1.77 bits per heavy atom. The number of aryl methyl sites for hydroxylation is 1. The summed E-state index contributed by atoms with van der Waals surface area (Å²) in [6.45, 7) is 17.5. The first-order chi connectivity index (χ1) is 14.7. The fourth-order valence-corrected chi connectivity index (χ4v) is 4.17. The molecule has 1 aliphatic heterocycles. The van der Waals surface area contributed by atoms with Crippen LogP contribution in [0.25, 0.3) is 10.9 Å². The molecule has 0 radical (unpaired) electrons. The third-order valence-electron chi connectivity index (χ3n) is 5.94. The maximum atomic E-state index is 4.85. The van der Waals surface area contributed by atoms with E-state index < -0.39 is 0 Å². The fourth-order valence-electron chi connectivity index (χ4n) is 4.17. The number of rotatable bonds is 10. The van der Waals surface area contributed by atoms with Crippen LogP contribution in [0, 0.1) is 5.92 Å². The summed E-state index contributed by atoms with van der Waals surface area (Å²) in [4.78, 5) is 9.97. The quantitative estimate of drug-likeness (QED) is 0.210. The fraction of sp³-hybridized carbons (Fsp3) is 0.625. The Labute approximate surface area is 205 Å². The van der Waals surface area contributed by atoms with Gasteiger partial charge in [0.15, 0.2) is 5.96 Å². The van der Waals surface area contributed by atoms with Crippen LogP contribution in [-0.2, 0) is 6.54 Å². The number of likely N-dealkylation sites (N-methyl/N-ethyl adjacent to an activating group) is 1. The third-order valence-corrected chi connectivity index (χ3v) is 5.94. The van der Waals surface area contributed by atoms with Crippen molar-refractivity contribution in [3.8, 4) is 0 Å². The van der Waals surface area contributed by atoms with Crippen molar-refractivity contribution in [3.05, 3.63) is 36.5 Å². The standard InChI is InChI=1S/C24H40N6.HI/c1-4-25-24(27-19-21(3)20-29-17-15-28(5-2)16-18-29)26-12-8-13-30-14-11-22-9-6-7-10-23(22)30;/h6-7,9-11,14,21H,4-5,8,12-13,15-20H2,1-3H3,(H2,25,26,27);1H. The van der Waals surface area contributed by atoms with Gasteiger partial charge < -0.3 is 25.0 Å². The first kappa shape index (κ1) is 25.9. The van der Waals surface area contributed by atoms with Crippen LogP contribution < -0.4 is 10.6 Å².